The van der Waals surface area contributed by atoms with Crippen LogP contribution in [0.25, 0.3) is 0 Å². The molecule has 0 bridgehead atoms. The van der Waals surface area contributed by atoms with E-state index in [0.717, 1.165) is 6.42 Å². The monoisotopic (exact) mass is 478 g/mol. The van der Waals surface area contributed by atoms with E-state index >= 15 is 0 Å². The minimum Gasteiger partial charge on any atom is -0.393 e. The number of unbranched alkanes of at least 4 members (excludes halogenated alkanes) is 1. The first-order valence-electron chi connectivity index (χ1n) is 12.1. The molecular weight excluding hydrogens is 440 g/mol. The lowest BCUT2D eigenvalue weighted by molar-refractivity contribution is -0.757. The number of allylic oxidation sites excluding steroid dienone is 2. The van der Waals surface area contributed by atoms with Gasteiger partial charge in [0.15, 0.2) is 0 Å². The van der Waals surface area contributed by atoms with Crippen LogP contribution >= 0.6 is 0 Å². The van der Waals surface area contributed by atoms with Crippen LogP contribution in [0, 0.1) is 22.0 Å². The van der Waals surface area contributed by atoms with Crippen molar-refractivity contribution < 1.29 is 30.0 Å². The van der Waals surface area contributed by atoms with Crippen LogP contribution < -0.4 is 5.32 Å². The Balaban J connectivity index is 1.64. The number of hydrogen-bond acceptors (Lipinski definition) is 7. The molecular formula is C25H38N2O7. The number of rotatable bonds is 16. The molecule has 1 aromatic rings. The molecule has 34 heavy (non-hydrogen) atoms. The van der Waals surface area contributed by atoms with E-state index in [1.165, 1.54) is 5.56 Å². The van der Waals surface area contributed by atoms with Gasteiger partial charge in [-0.05, 0) is 68.8 Å². The highest BCUT2D eigenvalue weighted by molar-refractivity contribution is 5.75. The van der Waals surface area contributed by atoms with E-state index in [0.29, 0.717) is 51.4 Å². The normalized spacial score (nSPS) is 23.1. The Bertz CT molecular complexity index is 759. The van der Waals surface area contributed by atoms with Crippen molar-refractivity contribution >= 4 is 5.91 Å². The van der Waals surface area contributed by atoms with Gasteiger partial charge in [0.2, 0.25) is 5.91 Å². The SMILES string of the molecule is O=C(CCC/C=C\C[C@@H]1[C@@H](CC[C@@H](O)CCc2ccccc2)[C@H](O)C[C@@H]1O)NCCO[N+](=O)[O-]. The molecule has 9 nitrogen and oxygen atoms in total. The summed E-state index contributed by atoms with van der Waals surface area (Å²) in [6.45, 7) is -0.0701. The third kappa shape index (κ3) is 10.6. The molecule has 1 amide bonds. The van der Waals surface area contributed by atoms with E-state index in [1.54, 1.807) is 0 Å². The van der Waals surface area contributed by atoms with Crippen LogP contribution in [0.15, 0.2) is 42.5 Å². The first-order chi connectivity index (χ1) is 16.4. The van der Waals surface area contributed by atoms with Crippen molar-refractivity contribution in [1.82, 2.24) is 5.32 Å². The fourth-order valence-corrected chi connectivity index (χ4v) is 4.56. The number of carbonyl (C=O) groups excluding carboxylic acids is 1. The molecule has 1 aliphatic rings. The van der Waals surface area contributed by atoms with Crippen LogP contribution in [0.1, 0.15) is 56.9 Å². The fraction of sp³-hybridized carbons (Fsp3) is 0.640. The average molecular weight is 479 g/mol. The molecule has 1 saturated carbocycles. The number of nitrogens with one attached hydrogen (secondary N) is 1. The van der Waals surface area contributed by atoms with E-state index < -0.39 is 23.4 Å². The third-order valence-electron chi connectivity index (χ3n) is 6.43. The van der Waals surface area contributed by atoms with Gasteiger partial charge in [0, 0.05) is 13.0 Å². The lowest BCUT2D eigenvalue weighted by Crippen LogP contribution is -2.27. The van der Waals surface area contributed by atoms with Crippen molar-refractivity contribution in [3.8, 4) is 0 Å². The molecule has 0 radical (unpaired) electrons. The molecule has 1 fully saturated rings. The highest BCUT2D eigenvalue weighted by Crippen LogP contribution is 2.38. The zero-order chi connectivity index (χ0) is 24.8. The van der Waals surface area contributed by atoms with Crippen molar-refractivity contribution in [3.05, 3.63) is 58.2 Å². The van der Waals surface area contributed by atoms with Crippen LogP contribution in [0.4, 0.5) is 0 Å². The highest BCUT2D eigenvalue weighted by Gasteiger charge is 2.40. The van der Waals surface area contributed by atoms with E-state index in [-0.39, 0.29) is 30.9 Å². The van der Waals surface area contributed by atoms with Crippen molar-refractivity contribution in [2.45, 2.75) is 76.1 Å². The number of carbonyl (C=O) groups is 1. The van der Waals surface area contributed by atoms with E-state index in [9.17, 15) is 30.2 Å². The van der Waals surface area contributed by atoms with Gasteiger partial charge in [0.1, 0.15) is 6.61 Å². The molecule has 1 aromatic carbocycles. The van der Waals surface area contributed by atoms with Crippen LogP contribution in [0.5, 0.6) is 0 Å². The van der Waals surface area contributed by atoms with Gasteiger partial charge in [-0.1, -0.05) is 42.5 Å². The Kier molecular flexibility index (Phi) is 12.6. The Morgan fingerprint density at radius 1 is 1.18 bits per heavy atom. The summed E-state index contributed by atoms with van der Waals surface area (Å²) in [6.07, 6.45) is 7.86. The van der Waals surface area contributed by atoms with E-state index in [1.807, 2.05) is 42.5 Å². The fourth-order valence-electron chi connectivity index (χ4n) is 4.56. The Hall–Kier alpha value is -2.49. The number of benzene rings is 1. The third-order valence-corrected chi connectivity index (χ3v) is 6.43. The van der Waals surface area contributed by atoms with Crippen molar-refractivity contribution in [3.63, 3.8) is 0 Å². The minimum atomic E-state index is -0.893. The smallest absolute Gasteiger partial charge is 0.294 e. The first-order valence-corrected chi connectivity index (χ1v) is 12.1. The molecule has 0 unspecified atom stereocenters. The van der Waals surface area contributed by atoms with Gasteiger partial charge in [-0.15, -0.1) is 10.1 Å². The Morgan fingerprint density at radius 3 is 2.65 bits per heavy atom. The van der Waals surface area contributed by atoms with Gasteiger partial charge in [0.05, 0.1) is 18.3 Å². The molecule has 1 aliphatic carbocycles. The second kappa shape index (κ2) is 15.4. The predicted molar refractivity (Wildman–Crippen MR) is 127 cm³/mol. The number of nitrogens with zero attached hydrogens (tertiary/aromatic N) is 1. The Labute approximate surface area is 200 Å². The maximum Gasteiger partial charge on any atom is 0.294 e. The number of aliphatic hydroxyl groups is 3. The molecule has 0 aliphatic heterocycles. The highest BCUT2D eigenvalue weighted by atomic mass is 16.9. The summed E-state index contributed by atoms with van der Waals surface area (Å²) < 4.78 is 0. The zero-order valence-corrected chi connectivity index (χ0v) is 19.6. The summed E-state index contributed by atoms with van der Waals surface area (Å²) in [7, 11) is 0. The number of aliphatic hydroxyl groups excluding tert-OH is 3. The molecule has 0 aromatic heterocycles. The number of aryl methyl sites for hydroxylation is 1. The summed E-state index contributed by atoms with van der Waals surface area (Å²) in [5, 5.41) is 42.9. The number of hydrogen-bond donors (Lipinski definition) is 4. The largest absolute Gasteiger partial charge is 0.393 e. The minimum absolute atomic E-state index is 0.0433. The summed E-state index contributed by atoms with van der Waals surface area (Å²) in [4.78, 5) is 25.8. The molecule has 2 rings (SSSR count). The van der Waals surface area contributed by atoms with E-state index in [2.05, 4.69) is 10.2 Å². The lowest BCUT2D eigenvalue weighted by Gasteiger charge is -2.23. The molecule has 4 N–H and O–H groups in total. The molecule has 5 atom stereocenters. The predicted octanol–water partition coefficient (Wildman–Crippen LogP) is 2.56. The first kappa shape index (κ1) is 27.8. The molecule has 190 valence electrons. The van der Waals surface area contributed by atoms with Gasteiger partial charge >= 0.3 is 0 Å². The molecule has 0 heterocycles. The second-order valence-electron chi connectivity index (χ2n) is 8.96. The van der Waals surface area contributed by atoms with Crippen LogP contribution in [0.3, 0.4) is 0 Å². The average Bonchev–Trinajstić information content (AvgIpc) is 3.08. The molecule has 0 spiro atoms. The van der Waals surface area contributed by atoms with E-state index in [4.69, 9.17) is 0 Å². The van der Waals surface area contributed by atoms with Crippen molar-refractivity contribution in [2.24, 2.45) is 11.8 Å². The summed E-state index contributed by atoms with van der Waals surface area (Å²) in [6, 6.07) is 10.0. The summed E-state index contributed by atoms with van der Waals surface area (Å²) in [5.74, 6) is -0.267. The van der Waals surface area contributed by atoms with Crippen molar-refractivity contribution in [2.75, 3.05) is 13.2 Å². The van der Waals surface area contributed by atoms with Crippen LogP contribution in [-0.4, -0.2) is 57.8 Å². The van der Waals surface area contributed by atoms with Gasteiger partial charge in [-0.2, -0.15) is 0 Å². The quantitative estimate of drug-likeness (QED) is 0.124. The maximum absolute atomic E-state index is 11.7. The zero-order valence-electron chi connectivity index (χ0n) is 19.6. The summed E-state index contributed by atoms with van der Waals surface area (Å²) in [5.41, 5.74) is 1.20. The summed E-state index contributed by atoms with van der Waals surface area (Å²) >= 11 is 0. The number of amides is 1. The van der Waals surface area contributed by atoms with Gasteiger partial charge < -0.3 is 25.5 Å². The standard InChI is InChI=1S/C25H38N2O7/c28-20(13-12-19-8-4-3-5-9-19)14-15-22-21(23(29)18-24(22)30)10-6-1-2-7-11-25(31)26-16-17-34-27(32)33/h1,3-6,8-9,20-24,28-30H,2,7,10-18H2,(H,26,31)/b6-1-/t20-,21+,22+,23-,24+/m0/s1. The van der Waals surface area contributed by atoms with Crippen LogP contribution in [0.2, 0.25) is 0 Å². The molecule has 9 heteroatoms. The van der Waals surface area contributed by atoms with Gasteiger partial charge in [0.25, 0.3) is 5.09 Å². The molecule has 0 saturated heterocycles. The van der Waals surface area contributed by atoms with Gasteiger partial charge in [-0.25, -0.2) is 0 Å². The maximum atomic E-state index is 11.7. The van der Waals surface area contributed by atoms with Gasteiger partial charge in [-0.3, -0.25) is 4.79 Å². The lowest BCUT2D eigenvalue weighted by atomic mass is 9.85. The Morgan fingerprint density at radius 2 is 1.91 bits per heavy atom. The second-order valence-corrected chi connectivity index (χ2v) is 8.96. The van der Waals surface area contributed by atoms with Crippen molar-refractivity contribution in [1.29, 1.82) is 0 Å². The van der Waals surface area contributed by atoms with Crippen LogP contribution in [-0.2, 0) is 16.1 Å². The topological polar surface area (TPSA) is 142 Å².